The van der Waals surface area contributed by atoms with Crippen molar-refractivity contribution in [1.29, 1.82) is 0 Å². The number of nitrogens with zero attached hydrogens (tertiary/aromatic N) is 1. The minimum absolute atomic E-state index is 0.207. The molecule has 19 heavy (non-hydrogen) atoms. The number of pyridine rings is 1. The fraction of sp³-hybridized carbons (Fsp3) is 0.143. The van der Waals surface area contributed by atoms with Crippen LogP contribution in [-0.4, -0.2) is 17.4 Å². The molecular weight excluding hydrogens is 353 g/mol. The lowest BCUT2D eigenvalue weighted by Gasteiger charge is -2.07. The Bertz CT molecular complexity index is 569. The molecule has 0 spiro atoms. The lowest BCUT2D eigenvalue weighted by atomic mass is 10.2. The average Bonchev–Trinajstić information content (AvgIpc) is 2.42. The molecule has 0 fully saturated rings. The standard InChI is InChI=1S/C14H14IN3O/c1-2-16-12-7-8-17-13(9-12)14(19)18-11-5-3-10(15)4-6-11/h3-9H,2H2,1H3,(H,16,17)(H,18,19). The Morgan fingerprint density at radius 3 is 2.63 bits per heavy atom. The van der Waals surface area contributed by atoms with E-state index in [-0.39, 0.29) is 5.91 Å². The molecular formula is C14H14IN3O. The van der Waals surface area contributed by atoms with Crippen molar-refractivity contribution in [1.82, 2.24) is 4.98 Å². The average molecular weight is 367 g/mol. The Hall–Kier alpha value is -1.63. The summed E-state index contributed by atoms with van der Waals surface area (Å²) in [6.07, 6.45) is 1.63. The maximum Gasteiger partial charge on any atom is 0.274 e. The highest BCUT2D eigenvalue weighted by atomic mass is 127. The second kappa shape index (κ2) is 6.51. The van der Waals surface area contributed by atoms with Crippen LogP contribution < -0.4 is 10.6 Å². The van der Waals surface area contributed by atoms with Crippen molar-refractivity contribution in [3.05, 3.63) is 51.9 Å². The fourth-order valence-electron chi connectivity index (χ4n) is 1.60. The van der Waals surface area contributed by atoms with E-state index >= 15 is 0 Å². The van der Waals surface area contributed by atoms with E-state index in [0.29, 0.717) is 5.69 Å². The molecule has 1 amide bonds. The number of rotatable bonds is 4. The number of benzene rings is 1. The van der Waals surface area contributed by atoms with E-state index in [1.807, 2.05) is 37.3 Å². The third-order valence-corrected chi connectivity index (χ3v) is 3.19. The number of aromatic nitrogens is 1. The molecule has 0 radical (unpaired) electrons. The first-order chi connectivity index (χ1) is 9.19. The molecule has 2 aromatic rings. The van der Waals surface area contributed by atoms with E-state index in [2.05, 4.69) is 38.2 Å². The molecule has 0 saturated heterocycles. The van der Waals surface area contributed by atoms with Gasteiger partial charge in [0.05, 0.1) is 0 Å². The zero-order valence-corrected chi connectivity index (χ0v) is 12.6. The normalized spacial score (nSPS) is 10.0. The summed E-state index contributed by atoms with van der Waals surface area (Å²) >= 11 is 2.22. The van der Waals surface area contributed by atoms with Gasteiger partial charge in [0.25, 0.3) is 5.91 Å². The Morgan fingerprint density at radius 1 is 1.21 bits per heavy atom. The molecule has 4 nitrogen and oxygen atoms in total. The smallest absolute Gasteiger partial charge is 0.274 e. The molecule has 0 aliphatic carbocycles. The van der Waals surface area contributed by atoms with Crippen molar-refractivity contribution in [2.45, 2.75) is 6.92 Å². The summed E-state index contributed by atoms with van der Waals surface area (Å²) < 4.78 is 1.13. The molecule has 0 aliphatic rings. The zero-order chi connectivity index (χ0) is 13.7. The molecule has 1 aromatic heterocycles. The highest BCUT2D eigenvalue weighted by molar-refractivity contribution is 14.1. The van der Waals surface area contributed by atoms with Gasteiger partial charge >= 0.3 is 0 Å². The van der Waals surface area contributed by atoms with Crippen molar-refractivity contribution in [3.63, 3.8) is 0 Å². The number of halogens is 1. The second-order valence-electron chi connectivity index (χ2n) is 3.92. The van der Waals surface area contributed by atoms with Gasteiger partial charge in [-0.05, 0) is 65.9 Å². The number of hydrogen-bond acceptors (Lipinski definition) is 3. The number of nitrogens with one attached hydrogen (secondary N) is 2. The van der Waals surface area contributed by atoms with E-state index in [9.17, 15) is 4.79 Å². The first-order valence-electron chi connectivity index (χ1n) is 5.96. The van der Waals surface area contributed by atoms with Crippen LogP contribution in [0.4, 0.5) is 11.4 Å². The molecule has 0 aliphatic heterocycles. The maximum atomic E-state index is 12.1. The van der Waals surface area contributed by atoms with Crippen LogP contribution in [-0.2, 0) is 0 Å². The van der Waals surface area contributed by atoms with E-state index in [4.69, 9.17) is 0 Å². The summed E-state index contributed by atoms with van der Waals surface area (Å²) in [4.78, 5) is 16.1. The molecule has 2 N–H and O–H groups in total. The Labute approximate surface area is 125 Å². The Kier molecular flexibility index (Phi) is 4.73. The number of carbonyl (C=O) groups excluding carboxylic acids is 1. The molecule has 98 valence electrons. The van der Waals surface area contributed by atoms with Crippen LogP contribution in [0.2, 0.25) is 0 Å². The van der Waals surface area contributed by atoms with E-state index in [1.165, 1.54) is 0 Å². The molecule has 1 aromatic carbocycles. The summed E-state index contributed by atoms with van der Waals surface area (Å²) in [5.41, 5.74) is 2.06. The predicted molar refractivity (Wildman–Crippen MR) is 85.5 cm³/mol. The molecule has 2 rings (SSSR count). The summed E-state index contributed by atoms with van der Waals surface area (Å²) in [5.74, 6) is -0.207. The maximum absolute atomic E-state index is 12.1. The number of anilines is 2. The van der Waals surface area contributed by atoms with E-state index < -0.39 is 0 Å². The molecule has 0 atom stereocenters. The van der Waals surface area contributed by atoms with Crippen molar-refractivity contribution >= 4 is 39.9 Å². The molecule has 1 heterocycles. The van der Waals surface area contributed by atoms with Crippen molar-refractivity contribution in [2.75, 3.05) is 17.2 Å². The first kappa shape index (κ1) is 13.8. The van der Waals surface area contributed by atoms with Gasteiger partial charge in [0.15, 0.2) is 0 Å². The minimum atomic E-state index is -0.207. The van der Waals surface area contributed by atoms with Gasteiger partial charge in [-0.25, -0.2) is 0 Å². The highest BCUT2D eigenvalue weighted by Gasteiger charge is 2.08. The SMILES string of the molecule is CCNc1ccnc(C(=O)Nc2ccc(I)cc2)c1. The van der Waals surface area contributed by atoms with Crippen molar-refractivity contribution < 1.29 is 4.79 Å². The van der Waals surface area contributed by atoms with Gasteiger partial charge < -0.3 is 10.6 Å². The molecule has 0 unspecified atom stereocenters. The summed E-state index contributed by atoms with van der Waals surface area (Å²) in [6.45, 7) is 2.81. The van der Waals surface area contributed by atoms with Crippen LogP contribution in [0.1, 0.15) is 17.4 Å². The van der Waals surface area contributed by atoms with Gasteiger partial charge in [0.1, 0.15) is 5.69 Å². The van der Waals surface area contributed by atoms with Crippen molar-refractivity contribution in [2.24, 2.45) is 0 Å². The largest absolute Gasteiger partial charge is 0.385 e. The van der Waals surface area contributed by atoms with Crippen LogP contribution in [0, 0.1) is 3.57 Å². The molecule has 0 bridgehead atoms. The van der Waals surface area contributed by atoms with E-state index in [1.54, 1.807) is 12.3 Å². The van der Waals surface area contributed by atoms with Crippen molar-refractivity contribution in [3.8, 4) is 0 Å². The fourth-order valence-corrected chi connectivity index (χ4v) is 1.96. The predicted octanol–water partition coefficient (Wildman–Crippen LogP) is 3.37. The van der Waals surface area contributed by atoms with E-state index in [0.717, 1.165) is 21.5 Å². The monoisotopic (exact) mass is 367 g/mol. The minimum Gasteiger partial charge on any atom is -0.385 e. The summed E-state index contributed by atoms with van der Waals surface area (Å²) in [6, 6.07) is 11.2. The van der Waals surface area contributed by atoms with Crippen LogP contribution in [0.3, 0.4) is 0 Å². The van der Waals surface area contributed by atoms with Crippen LogP contribution in [0.25, 0.3) is 0 Å². The number of hydrogen-bond donors (Lipinski definition) is 2. The topological polar surface area (TPSA) is 54.0 Å². The summed E-state index contributed by atoms with van der Waals surface area (Å²) in [7, 11) is 0. The number of carbonyl (C=O) groups is 1. The molecule has 0 saturated carbocycles. The van der Waals surface area contributed by atoms with Gasteiger partial charge in [0, 0.05) is 27.7 Å². The Morgan fingerprint density at radius 2 is 1.95 bits per heavy atom. The highest BCUT2D eigenvalue weighted by Crippen LogP contribution is 2.13. The Balaban J connectivity index is 2.11. The van der Waals surface area contributed by atoms with Gasteiger partial charge in [-0.3, -0.25) is 9.78 Å². The lowest BCUT2D eigenvalue weighted by Crippen LogP contribution is -2.14. The lowest BCUT2D eigenvalue weighted by molar-refractivity contribution is 0.102. The number of amides is 1. The third-order valence-electron chi connectivity index (χ3n) is 2.48. The van der Waals surface area contributed by atoms with Gasteiger partial charge in [-0.2, -0.15) is 0 Å². The van der Waals surface area contributed by atoms with Crippen LogP contribution in [0.5, 0.6) is 0 Å². The van der Waals surface area contributed by atoms with Gasteiger partial charge in [-0.15, -0.1) is 0 Å². The van der Waals surface area contributed by atoms with Gasteiger partial charge in [0.2, 0.25) is 0 Å². The quantitative estimate of drug-likeness (QED) is 0.815. The third kappa shape index (κ3) is 3.92. The first-order valence-corrected chi connectivity index (χ1v) is 7.04. The van der Waals surface area contributed by atoms with Crippen LogP contribution in [0.15, 0.2) is 42.6 Å². The second-order valence-corrected chi connectivity index (χ2v) is 5.17. The summed E-state index contributed by atoms with van der Waals surface area (Å²) in [5, 5.41) is 5.98. The van der Waals surface area contributed by atoms with Crippen LogP contribution >= 0.6 is 22.6 Å². The molecule has 5 heteroatoms. The van der Waals surface area contributed by atoms with Gasteiger partial charge in [-0.1, -0.05) is 0 Å². The zero-order valence-electron chi connectivity index (χ0n) is 10.5.